The van der Waals surface area contributed by atoms with E-state index < -0.39 is 23.0 Å². The summed E-state index contributed by atoms with van der Waals surface area (Å²) in [4.78, 5) is 32.1. The molecule has 0 saturated carbocycles. The molecule has 1 aromatic rings. The van der Waals surface area contributed by atoms with Crippen LogP contribution in [0.2, 0.25) is 0 Å². The molecule has 0 atom stereocenters. The second-order valence-corrected chi connectivity index (χ2v) is 5.60. The number of ether oxygens (including phenoxy) is 3. The molecule has 0 N–H and O–H groups in total. The largest absolute Gasteiger partial charge is 0.490 e. The number of hydrogen-bond donors (Lipinski definition) is 0. The summed E-state index contributed by atoms with van der Waals surface area (Å²) in [5, 5.41) is 10.5. The number of hydrogen-bond acceptors (Lipinski definition) is 7. The third kappa shape index (κ3) is 9.31. The lowest BCUT2D eigenvalue weighted by molar-refractivity contribution is -0.384. The molecule has 0 unspecified atom stereocenters. The van der Waals surface area contributed by atoms with Gasteiger partial charge < -0.3 is 14.2 Å². The number of halogens is 3. The van der Waals surface area contributed by atoms with Crippen LogP contribution >= 0.6 is 0 Å². The zero-order valence-electron chi connectivity index (χ0n) is 14.9. The minimum Gasteiger partial charge on any atom is -0.462 e. The minimum atomic E-state index is -4.97. The van der Waals surface area contributed by atoms with Gasteiger partial charge in [0.05, 0.1) is 23.7 Å². The fraction of sp³-hybridized carbons (Fsp3) is 0.529. The number of nitrogens with zero attached hydrogens (tertiary/aromatic N) is 1. The quantitative estimate of drug-likeness (QED) is 0.226. The van der Waals surface area contributed by atoms with Crippen LogP contribution in [-0.2, 0) is 19.0 Å². The molecule has 8 nitrogen and oxygen atoms in total. The van der Waals surface area contributed by atoms with E-state index in [1.807, 2.05) is 0 Å². The summed E-state index contributed by atoms with van der Waals surface area (Å²) in [7, 11) is 0. The molecule has 0 bridgehead atoms. The van der Waals surface area contributed by atoms with Gasteiger partial charge in [0, 0.05) is 25.3 Å². The Kier molecular flexibility index (Phi) is 9.93. The highest BCUT2D eigenvalue weighted by molar-refractivity contribution is 5.89. The predicted molar refractivity (Wildman–Crippen MR) is 89.7 cm³/mol. The third-order valence-electron chi connectivity index (χ3n) is 3.38. The van der Waals surface area contributed by atoms with Gasteiger partial charge in [-0.2, -0.15) is 13.2 Å². The van der Waals surface area contributed by atoms with Crippen LogP contribution in [0, 0.1) is 10.1 Å². The summed E-state index contributed by atoms with van der Waals surface area (Å²) in [5.74, 6) is -2.78. The first-order chi connectivity index (χ1) is 13.2. The van der Waals surface area contributed by atoms with Gasteiger partial charge in [0.15, 0.2) is 0 Å². The maximum Gasteiger partial charge on any atom is 0.490 e. The van der Waals surface area contributed by atoms with Crippen LogP contribution in [0.1, 0.15) is 36.0 Å². The Labute approximate surface area is 158 Å². The normalized spacial score (nSPS) is 11.1. The van der Waals surface area contributed by atoms with Gasteiger partial charge in [0.1, 0.15) is 0 Å². The van der Waals surface area contributed by atoms with Crippen LogP contribution in [0.25, 0.3) is 0 Å². The first-order valence-corrected chi connectivity index (χ1v) is 8.45. The lowest BCUT2D eigenvalue weighted by Gasteiger charge is -2.08. The molecular formula is C17H20F3NO7. The summed E-state index contributed by atoms with van der Waals surface area (Å²) in [6, 6.07) is 5.06. The second kappa shape index (κ2) is 11.9. The van der Waals surface area contributed by atoms with E-state index in [9.17, 15) is 32.9 Å². The van der Waals surface area contributed by atoms with E-state index in [0.717, 1.165) is 0 Å². The van der Waals surface area contributed by atoms with Crippen LogP contribution in [0.4, 0.5) is 18.9 Å². The maximum atomic E-state index is 11.9. The molecular weight excluding hydrogens is 387 g/mol. The Bertz CT molecular complexity index is 647. The molecule has 28 heavy (non-hydrogen) atoms. The summed E-state index contributed by atoms with van der Waals surface area (Å²) < 4.78 is 49.9. The van der Waals surface area contributed by atoms with Crippen molar-refractivity contribution in [1.82, 2.24) is 0 Å². The van der Waals surface area contributed by atoms with Gasteiger partial charge in [-0.1, -0.05) is 0 Å². The molecule has 0 radical (unpaired) electrons. The molecule has 0 aliphatic heterocycles. The van der Waals surface area contributed by atoms with Crippen molar-refractivity contribution < 1.29 is 41.9 Å². The number of esters is 2. The predicted octanol–water partition coefficient (Wildman–Crippen LogP) is 3.43. The Morgan fingerprint density at radius 3 is 1.89 bits per heavy atom. The maximum absolute atomic E-state index is 11.9. The number of nitro benzene ring substituents is 1. The average molecular weight is 407 g/mol. The van der Waals surface area contributed by atoms with Crippen LogP contribution in [-0.4, -0.2) is 49.5 Å². The highest BCUT2D eigenvalue weighted by atomic mass is 19.4. The highest BCUT2D eigenvalue weighted by Gasteiger charge is 2.40. The molecule has 156 valence electrons. The van der Waals surface area contributed by atoms with Gasteiger partial charge in [-0.3, -0.25) is 10.1 Å². The van der Waals surface area contributed by atoms with E-state index >= 15 is 0 Å². The van der Waals surface area contributed by atoms with Crippen molar-refractivity contribution in [2.24, 2.45) is 0 Å². The Hall–Kier alpha value is -2.69. The van der Waals surface area contributed by atoms with Crippen LogP contribution < -0.4 is 0 Å². The number of carbonyl (C=O) groups is 2. The van der Waals surface area contributed by atoms with Gasteiger partial charge in [0.2, 0.25) is 0 Å². The number of alkyl halides is 3. The van der Waals surface area contributed by atoms with Crippen LogP contribution in [0.5, 0.6) is 0 Å². The number of carbonyl (C=O) groups excluding carboxylic acids is 2. The molecule has 1 rings (SSSR count). The van der Waals surface area contributed by atoms with Gasteiger partial charge in [-0.25, -0.2) is 9.59 Å². The third-order valence-corrected chi connectivity index (χ3v) is 3.38. The summed E-state index contributed by atoms with van der Waals surface area (Å²) in [5.41, 5.74) is 0.0975. The molecule has 1 aromatic carbocycles. The van der Waals surface area contributed by atoms with Gasteiger partial charge >= 0.3 is 18.1 Å². The molecule has 0 heterocycles. The van der Waals surface area contributed by atoms with Crippen molar-refractivity contribution in [3.8, 4) is 0 Å². The average Bonchev–Trinajstić information content (AvgIpc) is 2.64. The smallest absolute Gasteiger partial charge is 0.462 e. The van der Waals surface area contributed by atoms with E-state index in [1.165, 1.54) is 24.3 Å². The van der Waals surface area contributed by atoms with Crippen molar-refractivity contribution in [2.45, 2.75) is 31.9 Å². The molecule has 0 aliphatic carbocycles. The monoisotopic (exact) mass is 407 g/mol. The van der Waals surface area contributed by atoms with Crippen molar-refractivity contribution in [3.63, 3.8) is 0 Å². The zero-order valence-corrected chi connectivity index (χ0v) is 14.9. The second-order valence-electron chi connectivity index (χ2n) is 5.60. The van der Waals surface area contributed by atoms with Crippen LogP contribution in [0.15, 0.2) is 24.3 Å². The first kappa shape index (κ1) is 23.3. The van der Waals surface area contributed by atoms with Gasteiger partial charge in [0.25, 0.3) is 5.69 Å². The Morgan fingerprint density at radius 2 is 1.39 bits per heavy atom. The first-order valence-electron chi connectivity index (χ1n) is 8.45. The van der Waals surface area contributed by atoms with Crippen molar-refractivity contribution in [3.05, 3.63) is 39.9 Å². The fourth-order valence-electron chi connectivity index (χ4n) is 1.93. The lowest BCUT2D eigenvalue weighted by atomic mass is 10.2. The highest BCUT2D eigenvalue weighted by Crippen LogP contribution is 2.16. The summed E-state index contributed by atoms with van der Waals surface area (Å²) in [6.07, 6.45) is -3.12. The van der Waals surface area contributed by atoms with Crippen LogP contribution in [0.3, 0.4) is 0 Å². The Morgan fingerprint density at radius 1 is 0.893 bits per heavy atom. The topological polar surface area (TPSA) is 105 Å². The van der Waals surface area contributed by atoms with E-state index in [2.05, 4.69) is 4.74 Å². The van der Waals surface area contributed by atoms with E-state index in [4.69, 9.17) is 9.47 Å². The summed E-state index contributed by atoms with van der Waals surface area (Å²) >= 11 is 0. The standard InChI is InChI=1S/C17H20F3NO7/c18-17(19,20)16(23)28-12-4-2-10-26-9-1-3-11-27-15(22)13-5-7-14(8-6-13)21(24)25/h5-8H,1-4,9-12H2. The van der Waals surface area contributed by atoms with E-state index in [-0.39, 0.29) is 30.9 Å². The fourth-order valence-corrected chi connectivity index (χ4v) is 1.93. The molecule has 0 spiro atoms. The van der Waals surface area contributed by atoms with E-state index in [0.29, 0.717) is 32.5 Å². The lowest BCUT2D eigenvalue weighted by Crippen LogP contribution is -2.25. The summed E-state index contributed by atoms with van der Waals surface area (Å²) in [6.45, 7) is 0.538. The van der Waals surface area contributed by atoms with Gasteiger partial charge in [-0.05, 0) is 37.8 Å². The van der Waals surface area contributed by atoms with Crippen molar-refractivity contribution in [1.29, 1.82) is 0 Å². The number of unbranched alkanes of at least 4 members (excludes halogenated alkanes) is 2. The molecule has 0 saturated heterocycles. The molecule has 0 amide bonds. The van der Waals surface area contributed by atoms with E-state index in [1.54, 1.807) is 0 Å². The molecule has 0 aliphatic rings. The number of non-ortho nitro benzene ring substituents is 1. The number of benzene rings is 1. The van der Waals surface area contributed by atoms with Gasteiger partial charge in [-0.15, -0.1) is 0 Å². The van der Waals surface area contributed by atoms with Crippen molar-refractivity contribution >= 4 is 17.6 Å². The molecule has 0 aromatic heterocycles. The molecule has 0 fully saturated rings. The SMILES string of the molecule is O=C(OCCCCOCCCCOC(=O)C(F)(F)F)c1ccc([N+](=O)[O-])cc1. The zero-order chi connectivity index (χ0) is 21.0. The van der Waals surface area contributed by atoms with Crippen molar-refractivity contribution in [2.75, 3.05) is 26.4 Å². The number of nitro groups is 1. The molecule has 11 heteroatoms. The minimum absolute atomic E-state index is 0.118. The number of rotatable bonds is 12. The Balaban J connectivity index is 1.99.